The number of nitriles is 1. The molecule has 13 nitrogen and oxygen atoms in total. The fraction of sp³-hybridized carbons (Fsp3) is 0.510. The van der Waals surface area contributed by atoms with E-state index in [1.54, 1.807) is 18.2 Å². The summed E-state index contributed by atoms with van der Waals surface area (Å²) in [7, 11) is 0. The Morgan fingerprint density at radius 1 is 0.839 bits per heavy atom. The average Bonchev–Trinajstić information content (AvgIpc) is 3.49. The van der Waals surface area contributed by atoms with Crippen molar-refractivity contribution >= 4 is 35.2 Å². The van der Waals surface area contributed by atoms with Crippen LogP contribution in [0.4, 0.5) is 5.69 Å². The zero-order valence-electron chi connectivity index (χ0n) is 36.7. The van der Waals surface area contributed by atoms with Gasteiger partial charge in [-0.05, 0) is 124 Å². The van der Waals surface area contributed by atoms with Gasteiger partial charge >= 0.3 is 0 Å². The molecule has 4 aliphatic heterocycles. The van der Waals surface area contributed by atoms with E-state index in [0.717, 1.165) is 85.7 Å². The van der Waals surface area contributed by atoms with Gasteiger partial charge in [-0.15, -0.1) is 0 Å². The van der Waals surface area contributed by atoms with Gasteiger partial charge in [-0.2, -0.15) is 5.26 Å². The molecule has 0 spiro atoms. The van der Waals surface area contributed by atoms with Gasteiger partial charge in [-0.1, -0.05) is 34.1 Å². The number of hydrogen-bond donors (Lipinski definition) is 2. The Kier molecular flexibility index (Phi) is 11.7. The zero-order valence-corrected chi connectivity index (χ0v) is 36.7. The molecule has 2 N–H and O–H groups in total. The van der Waals surface area contributed by atoms with Gasteiger partial charge in [-0.3, -0.25) is 39.1 Å². The highest BCUT2D eigenvalue weighted by Gasteiger charge is 2.64. The number of nitrogens with one attached hydrogen (secondary N) is 2. The maximum absolute atomic E-state index is 13.6. The van der Waals surface area contributed by atoms with Crippen molar-refractivity contribution in [2.75, 3.05) is 37.7 Å². The van der Waals surface area contributed by atoms with Crippen LogP contribution in [-0.2, 0) is 9.59 Å². The summed E-state index contributed by atoms with van der Waals surface area (Å²) in [5, 5.41) is 15.1. The Morgan fingerprint density at radius 3 is 2.18 bits per heavy atom. The van der Waals surface area contributed by atoms with Crippen LogP contribution in [0.15, 0.2) is 54.6 Å². The lowest BCUT2D eigenvalue weighted by Crippen LogP contribution is -2.74. The number of carbonyl (C=O) groups is 5. The topological polar surface area (TPSA) is 161 Å². The molecule has 4 fully saturated rings. The van der Waals surface area contributed by atoms with Gasteiger partial charge in [0.25, 0.3) is 17.7 Å². The minimum Gasteiger partial charge on any atom is -0.492 e. The van der Waals surface area contributed by atoms with Crippen molar-refractivity contribution in [1.29, 1.82) is 5.26 Å². The number of ether oxygens (including phenoxy) is 2. The van der Waals surface area contributed by atoms with Gasteiger partial charge in [0, 0.05) is 60.2 Å². The van der Waals surface area contributed by atoms with Crippen molar-refractivity contribution in [2.24, 2.45) is 16.7 Å². The molecule has 1 unspecified atom stereocenters. The molecule has 3 saturated heterocycles. The van der Waals surface area contributed by atoms with Crippen LogP contribution in [0.1, 0.15) is 120 Å². The molecule has 0 bridgehead atoms. The minimum atomic E-state index is -1.00. The lowest BCUT2D eigenvalue weighted by atomic mass is 9.49. The van der Waals surface area contributed by atoms with Crippen LogP contribution in [0.25, 0.3) is 0 Å². The highest BCUT2D eigenvalue weighted by molar-refractivity contribution is 6.23. The molecule has 1 saturated carbocycles. The minimum absolute atomic E-state index is 0.0751. The molecule has 3 aromatic rings. The summed E-state index contributed by atoms with van der Waals surface area (Å²) < 4.78 is 12.8. The van der Waals surface area contributed by atoms with E-state index in [1.807, 2.05) is 38.1 Å². The fourth-order valence-electron chi connectivity index (χ4n) is 11.1. The maximum Gasteiger partial charge on any atom is 0.262 e. The number of anilines is 1. The Bertz CT molecular complexity index is 2290. The van der Waals surface area contributed by atoms with Crippen molar-refractivity contribution in [3.05, 3.63) is 88.0 Å². The average molecular weight is 843 g/mol. The zero-order chi connectivity index (χ0) is 44.1. The Balaban J connectivity index is 0.812. The van der Waals surface area contributed by atoms with Gasteiger partial charge in [-0.25, -0.2) is 0 Å². The SMILES string of the molecule is Cc1cc(OC2C(C)(C)C(NC(=O)c3ccc(N4CCC(CN5CCCC[C@H]5COc5ccc6c(c5)C(=O)N(C5CCC(=O)NC5=O)C6=O)CC4)cc3)C2(C)C)cc(C)c1C#N. The molecule has 62 heavy (non-hydrogen) atoms. The van der Waals surface area contributed by atoms with Crippen LogP contribution in [0, 0.1) is 41.9 Å². The summed E-state index contributed by atoms with van der Waals surface area (Å²) in [4.78, 5) is 70.1. The maximum atomic E-state index is 13.6. The Morgan fingerprint density at radius 2 is 1.52 bits per heavy atom. The third-order valence-corrected chi connectivity index (χ3v) is 14.2. The van der Waals surface area contributed by atoms with E-state index in [2.05, 4.69) is 66.3 Å². The van der Waals surface area contributed by atoms with E-state index in [0.29, 0.717) is 29.4 Å². The van der Waals surface area contributed by atoms with Crippen molar-refractivity contribution in [2.45, 2.75) is 111 Å². The van der Waals surface area contributed by atoms with Crippen molar-refractivity contribution in [3.63, 3.8) is 0 Å². The molecule has 13 heteroatoms. The summed E-state index contributed by atoms with van der Waals surface area (Å²) in [6, 6.07) is 18.1. The van der Waals surface area contributed by atoms with Crippen LogP contribution < -0.4 is 25.0 Å². The molecular weight excluding hydrogens is 785 g/mol. The lowest BCUT2D eigenvalue weighted by molar-refractivity contribution is -0.164. The molecule has 3 aromatic carbocycles. The second-order valence-electron chi connectivity index (χ2n) is 19.2. The van der Waals surface area contributed by atoms with Crippen LogP contribution in [0.3, 0.4) is 0 Å². The number of carbonyl (C=O) groups excluding carboxylic acids is 5. The van der Waals surface area contributed by atoms with E-state index in [-0.39, 0.29) is 58.9 Å². The highest BCUT2D eigenvalue weighted by Crippen LogP contribution is 2.55. The third kappa shape index (κ3) is 8.05. The van der Waals surface area contributed by atoms with Crippen LogP contribution in [0.2, 0.25) is 0 Å². The highest BCUT2D eigenvalue weighted by atomic mass is 16.5. The third-order valence-electron chi connectivity index (χ3n) is 14.2. The van der Waals surface area contributed by atoms with Crippen LogP contribution >= 0.6 is 0 Å². The number of aryl methyl sites for hydroxylation is 2. The first-order valence-electron chi connectivity index (χ1n) is 22.1. The summed E-state index contributed by atoms with van der Waals surface area (Å²) in [5.74, 6) is -0.392. The van der Waals surface area contributed by atoms with E-state index in [9.17, 15) is 29.2 Å². The van der Waals surface area contributed by atoms with E-state index in [4.69, 9.17) is 9.47 Å². The van der Waals surface area contributed by atoms with Gasteiger partial charge in [0.15, 0.2) is 0 Å². The second kappa shape index (κ2) is 16.9. The summed E-state index contributed by atoms with van der Waals surface area (Å²) >= 11 is 0. The summed E-state index contributed by atoms with van der Waals surface area (Å²) in [5.41, 5.74) is 4.03. The van der Waals surface area contributed by atoms with E-state index in [1.165, 1.54) is 0 Å². The quantitative estimate of drug-likeness (QED) is 0.209. The summed E-state index contributed by atoms with van der Waals surface area (Å²) in [6.45, 7) is 16.7. The van der Waals surface area contributed by atoms with E-state index >= 15 is 0 Å². The number of hydrogen-bond acceptors (Lipinski definition) is 10. The molecule has 5 amide bonds. The first-order chi connectivity index (χ1) is 29.6. The molecule has 2 atom stereocenters. The number of imide groups is 2. The first-order valence-corrected chi connectivity index (χ1v) is 22.1. The molecule has 0 aromatic heterocycles. The van der Waals surface area contributed by atoms with Crippen LogP contribution in [-0.4, -0.2) is 96.4 Å². The van der Waals surface area contributed by atoms with Crippen LogP contribution in [0.5, 0.6) is 11.5 Å². The fourth-order valence-corrected chi connectivity index (χ4v) is 11.1. The number of amides is 5. The largest absolute Gasteiger partial charge is 0.492 e. The predicted molar refractivity (Wildman–Crippen MR) is 233 cm³/mol. The number of fused-ring (bicyclic) bond motifs is 1. The van der Waals surface area contributed by atoms with Crippen molar-refractivity contribution in [1.82, 2.24) is 20.4 Å². The molecular formula is C49H58N6O7. The summed E-state index contributed by atoms with van der Waals surface area (Å²) in [6.07, 6.45) is 5.47. The number of likely N-dealkylation sites (tertiary alicyclic amines) is 1. The van der Waals surface area contributed by atoms with Gasteiger partial charge in [0.2, 0.25) is 11.8 Å². The van der Waals surface area contributed by atoms with Gasteiger partial charge in [0.05, 0.1) is 22.8 Å². The Labute approximate surface area is 364 Å². The molecule has 8 rings (SSSR count). The number of nitrogens with zero attached hydrogens (tertiary/aromatic N) is 4. The first kappa shape index (κ1) is 42.9. The molecule has 0 radical (unpaired) electrons. The second-order valence-corrected chi connectivity index (χ2v) is 19.2. The lowest BCUT2D eigenvalue weighted by Gasteiger charge is -2.63. The smallest absolute Gasteiger partial charge is 0.262 e. The normalized spacial score (nSPS) is 24.8. The number of piperidine rings is 3. The number of rotatable bonds is 11. The van der Waals surface area contributed by atoms with E-state index < -0.39 is 29.7 Å². The van der Waals surface area contributed by atoms with Gasteiger partial charge < -0.3 is 19.7 Å². The van der Waals surface area contributed by atoms with Crippen molar-refractivity contribution in [3.8, 4) is 17.6 Å². The Hall–Kier alpha value is -5.74. The molecule has 326 valence electrons. The molecule has 4 heterocycles. The molecule has 1 aliphatic carbocycles. The molecule has 5 aliphatic rings. The monoisotopic (exact) mass is 842 g/mol. The van der Waals surface area contributed by atoms with Gasteiger partial charge in [0.1, 0.15) is 30.3 Å². The van der Waals surface area contributed by atoms with Crippen molar-refractivity contribution < 1.29 is 33.4 Å². The predicted octanol–water partition coefficient (Wildman–Crippen LogP) is 6.34. The standard InChI is InChI=1S/C49H58N6O7/c1-29-23-36(24-30(2)39(29)26-50)62-47-48(3,4)46(49(47,5)6)52-42(57)32-10-12-33(13-11-32)53-21-18-31(19-22-53)27-54-20-8-7-9-34(54)28-61-35-14-15-37-38(25-35)45(60)55(44(37)59)40-16-17-41(56)51-43(40)58/h10-15,23-25,31,34,40,46-47H,7-9,16-22,27-28H2,1-6H3,(H,52,57)(H,51,56,58)/t34-,40?,46?,47?/m0/s1. The number of benzene rings is 3.